The molecule has 7 heteroatoms. The summed E-state index contributed by atoms with van der Waals surface area (Å²) in [4.78, 5) is 17.1. The molecule has 24 heavy (non-hydrogen) atoms. The van der Waals surface area contributed by atoms with Crippen molar-refractivity contribution in [2.75, 3.05) is 16.4 Å². The van der Waals surface area contributed by atoms with E-state index in [4.69, 9.17) is 17.3 Å². The molecule has 0 saturated heterocycles. The highest BCUT2D eigenvalue weighted by Gasteiger charge is 2.14. The van der Waals surface area contributed by atoms with Crippen LogP contribution in [0.4, 0.5) is 22.2 Å². The van der Waals surface area contributed by atoms with Gasteiger partial charge in [-0.2, -0.15) is 0 Å². The number of benzene rings is 2. The predicted molar refractivity (Wildman–Crippen MR) is 100 cm³/mol. The Morgan fingerprint density at radius 3 is 2.79 bits per heavy atom. The predicted octanol–water partition coefficient (Wildman–Crippen LogP) is 4.68. The van der Waals surface area contributed by atoms with E-state index in [2.05, 4.69) is 15.6 Å². The molecule has 2 aromatic carbocycles. The molecule has 3 rings (SSSR count). The van der Waals surface area contributed by atoms with Gasteiger partial charge in [0.1, 0.15) is 4.88 Å². The number of carbonyl (C=O) groups excluding carboxylic acids is 1. The molecule has 0 radical (unpaired) electrons. The Labute approximate surface area is 148 Å². The van der Waals surface area contributed by atoms with Crippen molar-refractivity contribution in [3.05, 3.63) is 64.1 Å². The highest BCUT2D eigenvalue weighted by Crippen LogP contribution is 2.28. The number of carbonyl (C=O) groups is 1. The zero-order chi connectivity index (χ0) is 17.1. The topological polar surface area (TPSA) is 80.0 Å². The zero-order valence-electron chi connectivity index (χ0n) is 12.8. The van der Waals surface area contributed by atoms with Gasteiger partial charge in [-0.3, -0.25) is 4.79 Å². The van der Waals surface area contributed by atoms with Gasteiger partial charge in [0.15, 0.2) is 5.13 Å². The molecule has 1 heterocycles. The average Bonchev–Trinajstić information content (AvgIpc) is 2.99. The minimum absolute atomic E-state index is 0.246. The summed E-state index contributed by atoms with van der Waals surface area (Å²) in [6, 6.07) is 12.8. The number of nitrogens with zero attached hydrogens (tertiary/aromatic N) is 1. The number of thiazole rings is 1. The highest BCUT2D eigenvalue weighted by atomic mass is 35.5. The molecule has 0 aliphatic heterocycles. The first kappa shape index (κ1) is 16.3. The van der Waals surface area contributed by atoms with Gasteiger partial charge in [-0.1, -0.05) is 41.1 Å². The average molecular weight is 359 g/mol. The fourth-order valence-electron chi connectivity index (χ4n) is 2.14. The fraction of sp³-hybridized carbons (Fsp3) is 0.0588. The van der Waals surface area contributed by atoms with Crippen molar-refractivity contribution in [2.24, 2.45) is 0 Å². The number of amides is 1. The van der Waals surface area contributed by atoms with E-state index < -0.39 is 0 Å². The second kappa shape index (κ2) is 6.90. The number of anilines is 4. The maximum Gasteiger partial charge on any atom is 0.267 e. The molecule has 1 aromatic heterocycles. The molecule has 1 amide bonds. The number of nitrogen functional groups attached to an aromatic ring is 1. The van der Waals surface area contributed by atoms with Crippen LogP contribution in [0.25, 0.3) is 0 Å². The Morgan fingerprint density at radius 1 is 1.25 bits per heavy atom. The van der Waals surface area contributed by atoms with Gasteiger partial charge in [-0.25, -0.2) is 4.98 Å². The van der Waals surface area contributed by atoms with Gasteiger partial charge in [0.2, 0.25) is 0 Å². The summed E-state index contributed by atoms with van der Waals surface area (Å²) in [5.41, 5.74) is 8.74. The maximum absolute atomic E-state index is 12.4. The Morgan fingerprint density at radius 2 is 2.04 bits per heavy atom. The monoisotopic (exact) mass is 358 g/mol. The summed E-state index contributed by atoms with van der Waals surface area (Å²) in [6.45, 7) is 1.89. The molecule has 0 aliphatic rings. The number of halogens is 1. The van der Waals surface area contributed by atoms with E-state index in [1.54, 1.807) is 18.2 Å². The zero-order valence-corrected chi connectivity index (χ0v) is 14.4. The van der Waals surface area contributed by atoms with Crippen molar-refractivity contribution in [3.63, 3.8) is 0 Å². The van der Waals surface area contributed by atoms with Crippen LogP contribution < -0.4 is 16.4 Å². The van der Waals surface area contributed by atoms with Crippen molar-refractivity contribution < 1.29 is 4.79 Å². The molecule has 3 aromatic rings. The lowest BCUT2D eigenvalue weighted by molar-refractivity contribution is 0.103. The van der Waals surface area contributed by atoms with Crippen molar-refractivity contribution in [1.82, 2.24) is 4.98 Å². The number of rotatable bonds is 4. The minimum Gasteiger partial charge on any atom is -0.399 e. The van der Waals surface area contributed by atoms with Gasteiger partial charge in [0.25, 0.3) is 5.91 Å². The lowest BCUT2D eigenvalue weighted by atomic mass is 10.2. The second-order valence-corrected chi connectivity index (χ2v) is 6.60. The molecule has 0 spiro atoms. The Kier molecular flexibility index (Phi) is 4.69. The number of para-hydroxylation sites is 1. The third kappa shape index (κ3) is 3.67. The third-order valence-corrected chi connectivity index (χ3v) is 4.55. The second-order valence-electron chi connectivity index (χ2n) is 5.17. The summed E-state index contributed by atoms with van der Waals surface area (Å²) in [5.74, 6) is -0.246. The number of hydrogen-bond donors (Lipinski definition) is 3. The van der Waals surface area contributed by atoms with Crippen LogP contribution >= 0.6 is 22.9 Å². The van der Waals surface area contributed by atoms with Gasteiger partial charge in [0.05, 0.1) is 16.9 Å². The number of aryl methyl sites for hydroxylation is 1. The van der Waals surface area contributed by atoms with Crippen LogP contribution in [0, 0.1) is 6.92 Å². The molecule has 122 valence electrons. The van der Waals surface area contributed by atoms with Crippen molar-refractivity contribution in [1.29, 1.82) is 0 Å². The smallest absolute Gasteiger partial charge is 0.267 e. The van der Waals surface area contributed by atoms with Crippen molar-refractivity contribution in [2.45, 2.75) is 6.92 Å². The van der Waals surface area contributed by atoms with E-state index in [0.29, 0.717) is 26.4 Å². The van der Waals surface area contributed by atoms with E-state index in [0.717, 1.165) is 11.3 Å². The van der Waals surface area contributed by atoms with Crippen LogP contribution in [-0.2, 0) is 0 Å². The van der Waals surface area contributed by atoms with Crippen LogP contribution in [0.15, 0.2) is 48.7 Å². The van der Waals surface area contributed by atoms with Crippen molar-refractivity contribution >= 4 is 51.0 Å². The summed E-state index contributed by atoms with van der Waals surface area (Å²) in [5, 5.41) is 7.08. The van der Waals surface area contributed by atoms with E-state index >= 15 is 0 Å². The van der Waals surface area contributed by atoms with Crippen LogP contribution in [-0.4, -0.2) is 10.9 Å². The molecule has 5 nitrogen and oxygen atoms in total. The van der Waals surface area contributed by atoms with Gasteiger partial charge >= 0.3 is 0 Å². The first-order chi connectivity index (χ1) is 11.5. The SMILES string of the molecule is Cc1cccc(Cl)c1NC(=O)c1cnc(Nc2cccc(N)c2)s1. The number of nitrogens with two attached hydrogens (primary N) is 1. The standard InChI is InChI=1S/C17H15ClN4OS/c1-10-4-2-7-13(18)15(10)22-16(23)14-9-20-17(24-14)21-12-6-3-5-11(19)8-12/h2-9H,19H2,1H3,(H,20,21)(H,22,23). The molecule has 0 aliphatic carbocycles. The van der Waals surface area contributed by atoms with Crippen LogP contribution in [0.5, 0.6) is 0 Å². The quantitative estimate of drug-likeness (QED) is 0.591. The number of hydrogen-bond acceptors (Lipinski definition) is 5. The number of nitrogens with one attached hydrogen (secondary N) is 2. The molecular formula is C17H15ClN4OS. The van der Waals surface area contributed by atoms with E-state index in [1.165, 1.54) is 17.5 Å². The van der Waals surface area contributed by atoms with E-state index in [1.807, 2.05) is 31.2 Å². The Balaban J connectivity index is 1.74. The summed E-state index contributed by atoms with van der Waals surface area (Å²) in [7, 11) is 0. The van der Waals surface area contributed by atoms with Crippen LogP contribution in [0.1, 0.15) is 15.2 Å². The largest absolute Gasteiger partial charge is 0.399 e. The van der Waals surface area contributed by atoms with Crippen LogP contribution in [0.2, 0.25) is 5.02 Å². The molecule has 0 unspecified atom stereocenters. The van der Waals surface area contributed by atoms with Crippen molar-refractivity contribution in [3.8, 4) is 0 Å². The first-order valence-corrected chi connectivity index (χ1v) is 8.37. The lowest BCUT2D eigenvalue weighted by Gasteiger charge is -2.08. The molecule has 0 fully saturated rings. The lowest BCUT2D eigenvalue weighted by Crippen LogP contribution is -2.11. The molecule has 0 atom stereocenters. The summed E-state index contributed by atoms with van der Waals surface area (Å²) < 4.78 is 0. The molecule has 0 bridgehead atoms. The van der Waals surface area contributed by atoms with Gasteiger partial charge < -0.3 is 16.4 Å². The summed E-state index contributed by atoms with van der Waals surface area (Å²) >= 11 is 7.39. The third-order valence-electron chi connectivity index (χ3n) is 3.33. The van der Waals surface area contributed by atoms with E-state index in [9.17, 15) is 4.79 Å². The molecule has 4 N–H and O–H groups in total. The highest BCUT2D eigenvalue weighted by molar-refractivity contribution is 7.17. The number of aromatic nitrogens is 1. The van der Waals surface area contributed by atoms with E-state index in [-0.39, 0.29) is 5.91 Å². The minimum atomic E-state index is -0.246. The normalized spacial score (nSPS) is 10.4. The van der Waals surface area contributed by atoms with Crippen LogP contribution in [0.3, 0.4) is 0 Å². The fourth-order valence-corrected chi connectivity index (χ4v) is 3.14. The Hall–Kier alpha value is -2.57. The first-order valence-electron chi connectivity index (χ1n) is 7.18. The van der Waals surface area contributed by atoms with Gasteiger partial charge in [-0.15, -0.1) is 0 Å². The summed E-state index contributed by atoms with van der Waals surface area (Å²) in [6.07, 6.45) is 1.53. The molecule has 0 saturated carbocycles. The molecular weight excluding hydrogens is 344 g/mol. The maximum atomic E-state index is 12.4. The van der Waals surface area contributed by atoms with Gasteiger partial charge in [-0.05, 0) is 36.8 Å². The van der Waals surface area contributed by atoms with Gasteiger partial charge in [0, 0.05) is 11.4 Å². The Bertz CT molecular complexity index is 874.